The number of aromatic carboxylic acids is 1. The molecule has 0 saturated heterocycles. The van der Waals surface area contributed by atoms with E-state index in [0.717, 1.165) is 0 Å². The highest BCUT2D eigenvalue weighted by atomic mass is 35.5. The van der Waals surface area contributed by atoms with E-state index in [4.69, 9.17) is 16.7 Å². The number of nitrogens with one attached hydrogen (secondary N) is 1. The van der Waals surface area contributed by atoms with Crippen LogP contribution in [0.5, 0.6) is 0 Å². The van der Waals surface area contributed by atoms with Crippen molar-refractivity contribution >= 4 is 38.4 Å². The molecule has 4 aromatic rings. The maximum absolute atomic E-state index is 13.0. The Kier molecular flexibility index (Phi) is 4.59. The van der Waals surface area contributed by atoms with Crippen LogP contribution in [0.3, 0.4) is 0 Å². The molecule has 0 fully saturated rings. The van der Waals surface area contributed by atoms with Crippen LogP contribution in [0.1, 0.15) is 15.9 Å². The Morgan fingerprint density at radius 3 is 2.62 bits per heavy atom. The lowest BCUT2D eigenvalue weighted by molar-refractivity contribution is 0.0697. The summed E-state index contributed by atoms with van der Waals surface area (Å²) < 4.78 is 39.9. The topological polar surface area (TPSA) is 118 Å². The van der Waals surface area contributed by atoms with E-state index in [9.17, 15) is 17.6 Å². The third-order valence-electron chi connectivity index (χ3n) is 4.17. The molecule has 2 aromatic carbocycles. The van der Waals surface area contributed by atoms with Crippen molar-refractivity contribution in [1.29, 1.82) is 0 Å². The average molecular weight is 435 g/mol. The minimum absolute atomic E-state index is 0.00986. The Hall–Kier alpha value is -3.24. The highest BCUT2D eigenvalue weighted by Crippen LogP contribution is 2.29. The molecule has 4 rings (SSSR count). The van der Waals surface area contributed by atoms with Crippen LogP contribution >= 0.6 is 11.6 Å². The quantitative estimate of drug-likeness (QED) is 0.498. The van der Waals surface area contributed by atoms with Gasteiger partial charge in [0.05, 0.1) is 38.5 Å². The third-order valence-corrected chi connectivity index (χ3v) is 6.32. The molecule has 2 aromatic heterocycles. The van der Waals surface area contributed by atoms with E-state index in [1.54, 1.807) is 0 Å². The summed E-state index contributed by atoms with van der Waals surface area (Å²) in [5, 5.41) is 12.9. The number of H-pyrrole nitrogens is 1. The smallest absolute Gasteiger partial charge is 0.338 e. The monoisotopic (exact) mass is 434 g/mol. The van der Waals surface area contributed by atoms with E-state index in [-0.39, 0.29) is 27.2 Å². The van der Waals surface area contributed by atoms with Crippen molar-refractivity contribution in [2.24, 2.45) is 0 Å². The van der Waals surface area contributed by atoms with Crippen molar-refractivity contribution in [2.45, 2.75) is 10.6 Å². The minimum Gasteiger partial charge on any atom is -0.478 e. The standard InChI is InChI=1S/C18H12ClFN4O4S/c19-13-5-14-15(23-18(22-14)24-8-11(7-21-24)17(25)26)6-16(13)29(27,28)9-10-1-3-12(20)4-2-10/h1-8H,9H2,(H,22,23)(H,25,26). The van der Waals surface area contributed by atoms with E-state index < -0.39 is 21.6 Å². The SMILES string of the molecule is O=C(O)c1cnn(-c2nc3cc(Cl)c(S(=O)(=O)Cc4ccc(F)cc4)cc3[nH]2)c1. The Morgan fingerprint density at radius 2 is 1.97 bits per heavy atom. The Balaban J connectivity index is 1.72. The summed E-state index contributed by atoms with van der Waals surface area (Å²) in [6.07, 6.45) is 2.44. The summed E-state index contributed by atoms with van der Waals surface area (Å²) in [4.78, 5) is 18.1. The summed E-state index contributed by atoms with van der Waals surface area (Å²) in [5.41, 5.74) is 1.17. The number of fused-ring (bicyclic) bond motifs is 1. The van der Waals surface area contributed by atoms with Crippen LogP contribution in [0.25, 0.3) is 17.0 Å². The summed E-state index contributed by atoms with van der Waals surface area (Å²) in [5.74, 6) is -1.73. The molecule has 2 heterocycles. The molecule has 29 heavy (non-hydrogen) atoms. The predicted molar refractivity (Wildman–Crippen MR) is 102 cm³/mol. The van der Waals surface area contributed by atoms with Crippen molar-refractivity contribution in [2.75, 3.05) is 0 Å². The van der Waals surface area contributed by atoms with Crippen molar-refractivity contribution in [3.63, 3.8) is 0 Å². The molecule has 0 unspecified atom stereocenters. The fourth-order valence-corrected chi connectivity index (χ4v) is 4.72. The van der Waals surface area contributed by atoms with Crippen LogP contribution in [0.15, 0.2) is 53.7 Å². The molecular weight excluding hydrogens is 423 g/mol. The number of sulfone groups is 1. The first kappa shape index (κ1) is 19.1. The van der Waals surface area contributed by atoms with Crippen LogP contribution in [0.2, 0.25) is 5.02 Å². The lowest BCUT2D eigenvalue weighted by Crippen LogP contribution is -2.06. The van der Waals surface area contributed by atoms with Gasteiger partial charge in [-0.1, -0.05) is 23.7 Å². The zero-order chi connectivity index (χ0) is 20.8. The molecule has 0 aliphatic rings. The third kappa shape index (κ3) is 3.71. The molecule has 11 heteroatoms. The summed E-state index contributed by atoms with van der Waals surface area (Å²) in [6, 6.07) is 7.92. The van der Waals surface area contributed by atoms with Gasteiger partial charge >= 0.3 is 5.97 Å². The molecular formula is C18H12ClFN4O4S. The number of hydrogen-bond donors (Lipinski definition) is 2. The number of carboxylic acids is 1. The number of carboxylic acid groups (broad SMARTS) is 1. The molecule has 0 aliphatic heterocycles. The van der Waals surface area contributed by atoms with E-state index >= 15 is 0 Å². The van der Waals surface area contributed by atoms with Crippen LogP contribution in [0.4, 0.5) is 4.39 Å². The van der Waals surface area contributed by atoms with Crippen molar-refractivity contribution in [1.82, 2.24) is 19.7 Å². The molecule has 0 amide bonds. The van der Waals surface area contributed by atoms with E-state index in [1.165, 1.54) is 53.5 Å². The second kappa shape index (κ2) is 6.98. The number of hydrogen-bond acceptors (Lipinski definition) is 5. The number of aromatic amines is 1. The lowest BCUT2D eigenvalue weighted by atomic mass is 10.2. The van der Waals surface area contributed by atoms with Gasteiger partial charge in [-0.2, -0.15) is 5.10 Å². The first-order valence-electron chi connectivity index (χ1n) is 8.18. The van der Waals surface area contributed by atoms with E-state index in [0.29, 0.717) is 16.6 Å². The van der Waals surface area contributed by atoms with Gasteiger partial charge in [-0.15, -0.1) is 0 Å². The lowest BCUT2D eigenvalue weighted by Gasteiger charge is -2.07. The largest absolute Gasteiger partial charge is 0.478 e. The van der Waals surface area contributed by atoms with Crippen LogP contribution in [-0.2, 0) is 15.6 Å². The number of carbonyl (C=O) groups is 1. The van der Waals surface area contributed by atoms with Gasteiger partial charge in [-0.05, 0) is 29.8 Å². The average Bonchev–Trinajstić information content (AvgIpc) is 3.29. The van der Waals surface area contributed by atoms with Gasteiger partial charge in [0.2, 0.25) is 5.95 Å². The highest BCUT2D eigenvalue weighted by Gasteiger charge is 2.21. The number of halogens is 2. The summed E-state index contributed by atoms with van der Waals surface area (Å²) in [6.45, 7) is 0. The second-order valence-corrected chi connectivity index (χ2v) is 8.59. The summed E-state index contributed by atoms with van der Waals surface area (Å²) in [7, 11) is -3.81. The Bertz CT molecular complexity index is 1350. The zero-order valence-corrected chi connectivity index (χ0v) is 16.1. The van der Waals surface area contributed by atoms with Crippen molar-refractivity contribution in [3.8, 4) is 5.95 Å². The first-order valence-corrected chi connectivity index (χ1v) is 10.2. The van der Waals surface area contributed by atoms with Gasteiger partial charge < -0.3 is 10.1 Å². The number of rotatable bonds is 5. The molecule has 148 valence electrons. The first-order chi connectivity index (χ1) is 13.7. The number of imidazole rings is 1. The van der Waals surface area contributed by atoms with Crippen molar-refractivity contribution in [3.05, 3.63) is 70.8 Å². The molecule has 0 saturated carbocycles. The van der Waals surface area contributed by atoms with Crippen LogP contribution in [-0.4, -0.2) is 39.2 Å². The van der Waals surface area contributed by atoms with Crippen LogP contribution < -0.4 is 0 Å². The second-order valence-electron chi connectivity index (χ2n) is 6.22. The molecule has 2 N–H and O–H groups in total. The van der Waals surface area contributed by atoms with Gasteiger partial charge in [0, 0.05) is 6.20 Å². The number of aromatic nitrogens is 4. The normalized spacial score (nSPS) is 11.8. The van der Waals surface area contributed by atoms with Gasteiger partial charge in [-0.3, -0.25) is 0 Å². The fraction of sp³-hybridized carbons (Fsp3) is 0.0556. The van der Waals surface area contributed by atoms with E-state index in [1.807, 2.05) is 0 Å². The van der Waals surface area contributed by atoms with Gasteiger partial charge in [0.15, 0.2) is 9.84 Å². The molecule has 0 radical (unpaired) electrons. The van der Waals surface area contributed by atoms with E-state index in [2.05, 4.69) is 15.1 Å². The predicted octanol–water partition coefficient (Wildman–Crippen LogP) is 3.21. The molecule has 8 nitrogen and oxygen atoms in total. The number of benzene rings is 2. The minimum atomic E-state index is -3.81. The zero-order valence-electron chi connectivity index (χ0n) is 14.5. The Morgan fingerprint density at radius 1 is 1.24 bits per heavy atom. The Labute approximate surface area is 168 Å². The van der Waals surface area contributed by atoms with Crippen molar-refractivity contribution < 1.29 is 22.7 Å². The van der Waals surface area contributed by atoms with Gasteiger partial charge in [0.25, 0.3) is 0 Å². The summed E-state index contributed by atoms with van der Waals surface area (Å²) >= 11 is 6.19. The highest BCUT2D eigenvalue weighted by molar-refractivity contribution is 7.90. The molecule has 0 aliphatic carbocycles. The molecule has 0 spiro atoms. The van der Waals surface area contributed by atoms with Gasteiger partial charge in [0.1, 0.15) is 5.82 Å². The maximum atomic E-state index is 13.0. The number of nitrogens with zero attached hydrogens (tertiary/aromatic N) is 3. The molecule has 0 atom stereocenters. The van der Waals surface area contributed by atoms with Gasteiger partial charge in [-0.25, -0.2) is 27.3 Å². The van der Waals surface area contributed by atoms with Crippen LogP contribution in [0, 0.1) is 5.82 Å². The maximum Gasteiger partial charge on any atom is 0.338 e. The molecule has 0 bridgehead atoms. The fourth-order valence-electron chi connectivity index (χ4n) is 2.77.